The Morgan fingerprint density at radius 1 is 1.00 bits per heavy atom. The fraction of sp³-hybridized carbons (Fsp3) is 0.226. The summed E-state index contributed by atoms with van der Waals surface area (Å²) in [5.74, 6) is -0.454. The van der Waals surface area contributed by atoms with Crippen molar-refractivity contribution in [2.45, 2.75) is 26.3 Å². The second-order valence-electron chi connectivity index (χ2n) is 10.4. The first-order valence-electron chi connectivity index (χ1n) is 13.4. The number of nitrogens with one attached hydrogen (secondary N) is 2. The van der Waals surface area contributed by atoms with E-state index in [-0.39, 0.29) is 17.2 Å². The topological polar surface area (TPSA) is 103 Å². The van der Waals surface area contributed by atoms with E-state index in [0.717, 1.165) is 47.2 Å². The third-order valence-corrected chi connectivity index (χ3v) is 7.51. The Labute approximate surface area is 235 Å². The van der Waals surface area contributed by atoms with Gasteiger partial charge in [-0.05, 0) is 73.7 Å². The molecule has 1 saturated carbocycles. The van der Waals surface area contributed by atoms with Crippen LogP contribution in [-0.4, -0.2) is 37.8 Å². The number of hydrogen-bond donors (Lipinski definition) is 2. The molecule has 5 aromatic rings. The Morgan fingerprint density at radius 2 is 1.76 bits per heavy atom. The number of halogens is 1. The van der Waals surface area contributed by atoms with Crippen molar-refractivity contribution in [1.29, 1.82) is 0 Å². The number of aromatic nitrogens is 4. The minimum absolute atomic E-state index is 0.143. The van der Waals surface area contributed by atoms with Gasteiger partial charge in [0.05, 0.1) is 22.3 Å². The van der Waals surface area contributed by atoms with Crippen LogP contribution < -0.4 is 16.3 Å². The third kappa shape index (κ3) is 4.82. The summed E-state index contributed by atoms with van der Waals surface area (Å²) >= 11 is 0. The van der Waals surface area contributed by atoms with E-state index >= 15 is 0 Å². The van der Waals surface area contributed by atoms with E-state index in [1.165, 1.54) is 29.9 Å². The molecule has 0 radical (unpaired) electrons. The summed E-state index contributed by atoms with van der Waals surface area (Å²) in [6, 6.07) is 19.4. The van der Waals surface area contributed by atoms with Crippen LogP contribution in [0.1, 0.15) is 39.4 Å². The molecule has 208 valence electrons. The summed E-state index contributed by atoms with van der Waals surface area (Å²) in [6.45, 7) is 2.56. The fourth-order valence-electron chi connectivity index (χ4n) is 5.27. The first kappa shape index (κ1) is 26.2. The van der Waals surface area contributed by atoms with Gasteiger partial charge < -0.3 is 15.2 Å². The van der Waals surface area contributed by atoms with Crippen LogP contribution in [0, 0.1) is 18.7 Å². The summed E-state index contributed by atoms with van der Waals surface area (Å²) in [6.07, 6.45) is 2.26. The predicted octanol–water partition coefficient (Wildman–Crippen LogP) is 4.66. The van der Waals surface area contributed by atoms with E-state index in [2.05, 4.69) is 26.4 Å². The molecule has 2 amide bonds. The van der Waals surface area contributed by atoms with Gasteiger partial charge in [-0.3, -0.25) is 9.59 Å². The van der Waals surface area contributed by atoms with Gasteiger partial charge in [-0.1, -0.05) is 24.3 Å². The van der Waals surface area contributed by atoms with E-state index in [0.29, 0.717) is 23.0 Å². The van der Waals surface area contributed by atoms with Crippen molar-refractivity contribution in [3.63, 3.8) is 0 Å². The summed E-state index contributed by atoms with van der Waals surface area (Å²) < 4.78 is 19.3. The fourth-order valence-corrected chi connectivity index (χ4v) is 5.27. The molecule has 1 aliphatic rings. The van der Waals surface area contributed by atoms with Crippen LogP contribution >= 0.6 is 0 Å². The molecule has 0 spiro atoms. The lowest BCUT2D eigenvalue weighted by atomic mass is 10.1. The number of amides is 2. The molecule has 9 nitrogen and oxygen atoms in total. The van der Waals surface area contributed by atoms with Crippen LogP contribution in [0.3, 0.4) is 0 Å². The molecule has 41 heavy (non-hydrogen) atoms. The molecule has 0 unspecified atom stereocenters. The molecule has 1 aliphatic carbocycles. The van der Waals surface area contributed by atoms with E-state index in [1.54, 1.807) is 24.6 Å². The zero-order chi connectivity index (χ0) is 28.8. The van der Waals surface area contributed by atoms with Crippen molar-refractivity contribution in [3.8, 4) is 16.9 Å². The van der Waals surface area contributed by atoms with Gasteiger partial charge in [-0.2, -0.15) is 5.10 Å². The van der Waals surface area contributed by atoms with E-state index in [4.69, 9.17) is 0 Å². The Balaban J connectivity index is 1.40. The van der Waals surface area contributed by atoms with Gasteiger partial charge in [-0.15, -0.1) is 0 Å². The maximum absolute atomic E-state index is 14.2. The lowest BCUT2D eigenvalue weighted by Crippen LogP contribution is -2.21. The molecular weight excluding hydrogens is 523 g/mol. The number of fused-ring (bicyclic) bond motifs is 1. The molecule has 2 heterocycles. The summed E-state index contributed by atoms with van der Waals surface area (Å²) in [5, 5.41) is 10.4. The summed E-state index contributed by atoms with van der Waals surface area (Å²) in [7, 11) is 3.05. The average molecular weight is 553 g/mol. The van der Waals surface area contributed by atoms with Gasteiger partial charge in [0.1, 0.15) is 11.6 Å². The highest BCUT2D eigenvalue weighted by Gasteiger charge is 2.26. The lowest BCUT2D eigenvalue weighted by Gasteiger charge is -2.14. The monoisotopic (exact) mass is 552 g/mol. The summed E-state index contributed by atoms with van der Waals surface area (Å²) in [4.78, 5) is 38.2. The SMILES string of the molecule is CNC(=O)c1cc(NC(=O)c2cccc3cc(-c4ccc(-n5c(C)nn(C)c5=O)cc4)n(CC4CC4)c23)ccc1F. The van der Waals surface area contributed by atoms with Crippen molar-refractivity contribution in [3.05, 3.63) is 100.0 Å². The molecule has 2 aromatic heterocycles. The van der Waals surface area contributed by atoms with Crippen molar-refractivity contribution in [2.75, 3.05) is 12.4 Å². The van der Waals surface area contributed by atoms with Gasteiger partial charge in [0.2, 0.25) is 0 Å². The van der Waals surface area contributed by atoms with E-state index < -0.39 is 11.7 Å². The summed E-state index contributed by atoms with van der Waals surface area (Å²) in [5.41, 5.74) is 3.91. The molecular formula is C31H29FN6O3. The largest absolute Gasteiger partial charge is 0.355 e. The second kappa shape index (κ2) is 10.2. The van der Waals surface area contributed by atoms with Crippen molar-refractivity contribution in [1.82, 2.24) is 24.2 Å². The number of benzene rings is 3. The molecule has 0 atom stereocenters. The Bertz CT molecular complexity index is 1880. The number of nitrogens with zero attached hydrogens (tertiary/aromatic N) is 4. The Hall–Kier alpha value is -4.99. The highest BCUT2D eigenvalue weighted by Crippen LogP contribution is 2.37. The normalized spacial score (nSPS) is 13.0. The predicted molar refractivity (Wildman–Crippen MR) is 155 cm³/mol. The molecule has 0 aliphatic heterocycles. The molecule has 10 heteroatoms. The number of rotatable bonds is 7. The number of aryl methyl sites for hydroxylation is 2. The van der Waals surface area contributed by atoms with Crippen LogP contribution in [-0.2, 0) is 13.6 Å². The number of para-hydroxylation sites is 1. The van der Waals surface area contributed by atoms with E-state index in [9.17, 15) is 18.8 Å². The van der Waals surface area contributed by atoms with Gasteiger partial charge >= 0.3 is 5.69 Å². The molecule has 6 rings (SSSR count). The van der Waals surface area contributed by atoms with Crippen LogP contribution in [0.15, 0.2) is 71.5 Å². The molecule has 1 fully saturated rings. The number of carbonyl (C=O) groups is 2. The minimum Gasteiger partial charge on any atom is -0.355 e. The molecule has 3 aromatic carbocycles. The zero-order valence-corrected chi connectivity index (χ0v) is 22.9. The van der Waals surface area contributed by atoms with Crippen LogP contribution in [0.2, 0.25) is 0 Å². The van der Waals surface area contributed by atoms with Crippen molar-refractivity contribution in [2.24, 2.45) is 13.0 Å². The highest BCUT2D eigenvalue weighted by atomic mass is 19.1. The van der Waals surface area contributed by atoms with Gasteiger partial charge in [0.25, 0.3) is 11.8 Å². The second-order valence-corrected chi connectivity index (χ2v) is 10.4. The molecule has 2 N–H and O–H groups in total. The van der Waals surface area contributed by atoms with Crippen molar-refractivity contribution < 1.29 is 14.0 Å². The minimum atomic E-state index is -0.665. The number of carbonyl (C=O) groups excluding carboxylic acids is 2. The first-order chi connectivity index (χ1) is 19.7. The maximum Gasteiger partial charge on any atom is 0.350 e. The molecule has 0 bridgehead atoms. The third-order valence-electron chi connectivity index (χ3n) is 7.51. The van der Waals surface area contributed by atoms with Gasteiger partial charge in [0.15, 0.2) is 0 Å². The maximum atomic E-state index is 14.2. The Morgan fingerprint density at radius 3 is 2.41 bits per heavy atom. The number of hydrogen-bond acceptors (Lipinski definition) is 4. The Kier molecular flexibility index (Phi) is 6.53. The smallest absolute Gasteiger partial charge is 0.350 e. The average Bonchev–Trinajstić information content (AvgIpc) is 3.66. The standard InChI is InChI=1S/C31H29FN6O3/c1-18-35-36(3)31(41)38(18)23-12-9-20(10-13-23)27-15-21-5-4-6-24(28(21)37(27)17-19-7-8-19)30(40)34-22-11-14-26(32)25(16-22)29(39)33-2/h4-6,9-16,19H,7-8,17H2,1-3H3,(H,33,39)(H,34,40). The zero-order valence-electron chi connectivity index (χ0n) is 22.9. The van der Waals surface area contributed by atoms with Crippen LogP contribution in [0.25, 0.3) is 27.8 Å². The first-order valence-corrected chi connectivity index (χ1v) is 13.4. The number of anilines is 1. The van der Waals surface area contributed by atoms with Crippen LogP contribution in [0.5, 0.6) is 0 Å². The van der Waals surface area contributed by atoms with Crippen LogP contribution in [0.4, 0.5) is 10.1 Å². The van der Waals surface area contributed by atoms with E-state index in [1.807, 2.05) is 36.4 Å². The van der Waals surface area contributed by atoms with Crippen molar-refractivity contribution >= 4 is 28.4 Å². The quantitative estimate of drug-likeness (QED) is 0.307. The highest BCUT2D eigenvalue weighted by molar-refractivity contribution is 6.13. The molecule has 0 saturated heterocycles. The van der Waals surface area contributed by atoms with Gasteiger partial charge in [0, 0.05) is 37.4 Å². The van der Waals surface area contributed by atoms with Gasteiger partial charge in [-0.25, -0.2) is 18.4 Å². The lowest BCUT2D eigenvalue weighted by molar-refractivity contribution is 0.0957.